The van der Waals surface area contributed by atoms with Crippen LogP contribution in [0, 0.1) is 0 Å². The summed E-state index contributed by atoms with van der Waals surface area (Å²) in [6, 6.07) is 10.2. The van der Waals surface area contributed by atoms with Crippen LogP contribution in [-0.2, 0) is 0 Å². The van der Waals surface area contributed by atoms with Crippen LogP contribution in [0.1, 0.15) is 12.8 Å². The van der Waals surface area contributed by atoms with Crippen LogP contribution in [0.2, 0.25) is 0 Å². The summed E-state index contributed by atoms with van der Waals surface area (Å²) in [6.45, 7) is -1.40. The summed E-state index contributed by atoms with van der Waals surface area (Å²) in [6.07, 6.45) is 1.42. The number of pyridine rings is 1. The average Bonchev–Trinajstić information content (AvgIpc) is 3.30. The Kier molecular flexibility index (Phi) is 5.36. The van der Waals surface area contributed by atoms with Gasteiger partial charge in [0.25, 0.3) is 0 Å². The highest BCUT2D eigenvalue weighted by atomic mass is 32.1. The van der Waals surface area contributed by atoms with Gasteiger partial charge in [-0.05, 0) is 37.1 Å². The van der Waals surface area contributed by atoms with Crippen molar-refractivity contribution >= 4 is 33.8 Å². The maximum atomic E-state index is 12.3. The summed E-state index contributed by atoms with van der Waals surface area (Å²) in [5.41, 5.74) is 3.48. The molecule has 8 nitrogen and oxygen atoms in total. The molecule has 2 amide bonds. The highest BCUT2D eigenvalue weighted by Crippen LogP contribution is 2.32. The van der Waals surface area contributed by atoms with Gasteiger partial charge in [0.1, 0.15) is 17.2 Å². The van der Waals surface area contributed by atoms with Gasteiger partial charge in [-0.1, -0.05) is 23.5 Å². The van der Waals surface area contributed by atoms with Gasteiger partial charge in [0, 0.05) is 29.1 Å². The highest BCUT2D eigenvalue weighted by Gasteiger charge is 2.27. The number of fused-ring (bicyclic) bond motifs is 1. The maximum Gasteiger partial charge on any atom is 0.405 e. The molecule has 0 radical (unpaired) electrons. The van der Waals surface area contributed by atoms with E-state index < -0.39 is 18.8 Å². The number of rotatable bonds is 6. The quantitative estimate of drug-likeness (QED) is 0.375. The van der Waals surface area contributed by atoms with E-state index in [-0.39, 0.29) is 0 Å². The van der Waals surface area contributed by atoms with E-state index in [1.54, 1.807) is 29.7 Å². The number of anilines is 2. The monoisotopic (exact) mass is 473 g/mol. The Balaban J connectivity index is 1.34. The lowest BCUT2D eigenvalue weighted by Gasteiger charge is -2.10. The first kappa shape index (κ1) is 21.2. The molecule has 1 saturated carbocycles. The van der Waals surface area contributed by atoms with E-state index >= 15 is 0 Å². The van der Waals surface area contributed by atoms with Crippen LogP contribution in [0.25, 0.3) is 27.5 Å². The Labute approximate surface area is 189 Å². The molecule has 33 heavy (non-hydrogen) atoms. The second-order valence-corrected chi connectivity index (χ2v) is 8.60. The topological polar surface area (TPSA) is 96.2 Å². The first-order valence-corrected chi connectivity index (χ1v) is 11.0. The second-order valence-electron chi connectivity index (χ2n) is 7.62. The van der Waals surface area contributed by atoms with Crippen LogP contribution in [0.15, 0.2) is 48.8 Å². The SMILES string of the molecule is O=C(NCC(F)(F)F)Nc1cccc(-c2cnc3cc(-c4nnc(NC5CC5)s4)ccn23)c1. The van der Waals surface area contributed by atoms with E-state index in [0.29, 0.717) is 17.4 Å². The third-order valence-corrected chi connectivity index (χ3v) is 5.86. The zero-order chi connectivity index (χ0) is 23.0. The van der Waals surface area contributed by atoms with E-state index in [1.807, 2.05) is 28.8 Å². The molecule has 170 valence electrons. The summed E-state index contributed by atoms with van der Waals surface area (Å²) >= 11 is 1.49. The van der Waals surface area contributed by atoms with Crippen LogP contribution in [0.4, 0.5) is 28.8 Å². The lowest BCUT2D eigenvalue weighted by atomic mass is 10.1. The van der Waals surface area contributed by atoms with Gasteiger partial charge in [0.05, 0.1) is 11.9 Å². The average molecular weight is 473 g/mol. The van der Waals surface area contributed by atoms with Gasteiger partial charge < -0.3 is 16.0 Å². The van der Waals surface area contributed by atoms with E-state index in [2.05, 4.69) is 25.8 Å². The number of alkyl halides is 3. The van der Waals surface area contributed by atoms with Crippen molar-refractivity contribution in [2.24, 2.45) is 0 Å². The number of urea groups is 1. The fourth-order valence-corrected chi connectivity index (χ4v) is 4.06. The van der Waals surface area contributed by atoms with Crippen molar-refractivity contribution < 1.29 is 18.0 Å². The van der Waals surface area contributed by atoms with Crippen LogP contribution in [0.5, 0.6) is 0 Å². The lowest BCUT2D eigenvalue weighted by molar-refractivity contribution is -0.122. The van der Waals surface area contributed by atoms with E-state index in [4.69, 9.17) is 0 Å². The number of halogens is 3. The standard InChI is InChI=1S/C21H18F3N7OS/c22-21(23,24)11-26-19(32)27-15-3-1-2-12(8-15)16-10-25-17-9-13(6-7-31(16)17)18-29-30-20(33-18)28-14-4-5-14/h1-3,6-10,14H,4-5,11H2,(H,28,30)(H2,26,27,32). The minimum atomic E-state index is -4.47. The van der Waals surface area contributed by atoms with Crippen LogP contribution < -0.4 is 16.0 Å². The Morgan fingerprint density at radius 2 is 2.00 bits per heavy atom. The number of amides is 2. The van der Waals surface area contributed by atoms with Crippen molar-refractivity contribution in [2.75, 3.05) is 17.2 Å². The molecule has 0 spiro atoms. The number of aromatic nitrogens is 4. The molecule has 1 fully saturated rings. The first-order chi connectivity index (χ1) is 15.8. The molecule has 0 aliphatic heterocycles. The Hall–Kier alpha value is -3.67. The van der Waals surface area contributed by atoms with Gasteiger partial charge in [0.2, 0.25) is 5.13 Å². The molecule has 0 atom stereocenters. The molecule has 3 N–H and O–H groups in total. The molecule has 0 unspecified atom stereocenters. The van der Waals surface area contributed by atoms with Gasteiger partial charge >= 0.3 is 12.2 Å². The van der Waals surface area contributed by atoms with E-state index in [0.717, 1.165) is 39.8 Å². The number of nitrogens with zero attached hydrogens (tertiary/aromatic N) is 4. The van der Waals surface area contributed by atoms with Gasteiger partial charge in [-0.2, -0.15) is 13.2 Å². The van der Waals surface area contributed by atoms with Gasteiger partial charge in [-0.25, -0.2) is 9.78 Å². The van der Waals surface area contributed by atoms with Crippen molar-refractivity contribution in [3.05, 3.63) is 48.8 Å². The summed E-state index contributed by atoms with van der Waals surface area (Å²) in [5.74, 6) is 0. The zero-order valence-electron chi connectivity index (χ0n) is 17.1. The summed E-state index contributed by atoms with van der Waals surface area (Å²) in [7, 11) is 0. The van der Waals surface area contributed by atoms with E-state index in [1.165, 1.54) is 11.3 Å². The zero-order valence-corrected chi connectivity index (χ0v) is 17.9. The van der Waals surface area contributed by atoms with Crippen molar-refractivity contribution in [3.63, 3.8) is 0 Å². The fraction of sp³-hybridized carbons (Fsp3) is 0.238. The van der Waals surface area contributed by atoms with Crippen molar-refractivity contribution in [1.29, 1.82) is 0 Å². The minimum absolute atomic E-state index is 0.364. The largest absolute Gasteiger partial charge is 0.405 e. The molecule has 4 aromatic rings. The predicted molar refractivity (Wildman–Crippen MR) is 119 cm³/mol. The van der Waals surface area contributed by atoms with Gasteiger partial charge in [-0.15, -0.1) is 10.2 Å². The number of hydrogen-bond donors (Lipinski definition) is 3. The molecule has 5 rings (SSSR count). The second kappa shape index (κ2) is 8.35. The number of hydrogen-bond acceptors (Lipinski definition) is 6. The van der Waals surface area contributed by atoms with Crippen molar-refractivity contribution in [2.45, 2.75) is 25.1 Å². The highest BCUT2D eigenvalue weighted by molar-refractivity contribution is 7.18. The Morgan fingerprint density at radius 1 is 1.15 bits per heavy atom. The molecule has 1 aliphatic rings. The molecule has 1 aliphatic carbocycles. The number of benzene rings is 1. The number of carbonyl (C=O) groups excluding carboxylic acids is 1. The summed E-state index contributed by atoms with van der Waals surface area (Å²) in [5, 5.41) is 17.6. The maximum absolute atomic E-state index is 12.3. The Morgan fingerprint density at radius 3 is 2.79 bits per heavy atom. The van der Waals surface area contributed by atoms with Crippen molar-refractivity contribution in [1.82, 2.24) is 24.9 Å². The molecule has 12 heteroatoms. The first-order valence-electron chi connectivity index (χ1n) is 10.1. The van der Waals surface area contributed by atoms with Crippen molar-refractivity contribution in [3.8, 4) is 21.8 Å². The third-order valence-electron chi connectivity index (χ3n) is 4.96. The minimum Gasteiger partial charge on any atom is -0.357 e. The molecule has 0 saturated heterocycles. The van der Waals surface area contributed by atoms with Gasteiger partial charge in [-0.3, -0.25) is 4.40 Å². The normalized spacial score (nSPS) is 13.8. The number of imidazole rings is 1. The van der Waals surface area contributed by atoms with E-state index in [9.17, 15) is 18.0 Å². The molecule has 1 aromatic carbocycles. The van der Waals surface area contributed by atoms with Crippen LogP contribution >= 0.6 is 11.3 Å². The molecular weight excluding hydrogens is 455 g/mol. The van der Waals surface area contributed by atoms with Gasteiger partial charge in [0.15, 0.2) is 0 Å². The molecule has 0 bridgehead atoms. The predicted octanol–water partition coefficient (Wildman–Crippen LogP) is 4.78. The molecular formula is C21H18F3N7OS. The summed E-state index contributed by atoms with van der Waals surface area (Å²) in [4.78, 5) is 16.2. The number of nitrogens with one attached hydrogen (secondary N) is 3. The number of carbonyl (C=O) groups is 1. The lowest BCUT2D eigenvalue weighted by Crippen LogP contribution is -2.36. The fourth-order valence-electron chi connectivity index (χ4n) is 3.24. The molecule has 3 heterocycles. The van der Waals surface area contributed by atoms with Crippen LogP contribution in [0.3, 0.4) is 0 Å². The Bertz CT molecular complexity index is 1310. The summed E-state index contributed by atoms with van der Waals surface area (Å²) < 4.78 is 38.7. The third kappa shape index (κ3) is 5.06. The molecule has 3 aromatic heterocycles. The van der Waals surface area contributed by atoms with Crippen LogP contribution in [-0.4, -0.2) is 44.4 Å². The smallest absolute Gasteiger partial charge is 0.357 e.